The number of hydrogen-bond acceptors (Lipinski definition) is 2. The van der Waals surface area contributed by atoms with Crippen LogP contribution in [0.25, 0.3) is 0 Å². The lowest BCUT2D eigenvalue weighted by molar-refractivity contribution is 0.393. The zero-order valence-electron chi connectivity index (χ0n) is 5.51. The van der Waals surface area contributed by atoms with Gasteiger partial charge in [-0.25, -0.2) is 0 Å². The molecule has 0 radical (unpaired) electrons. The van der Waals surface area contributed by atoms with Gasteiger partial charge in [-0.1, -0.05) is 0 Å². The van der Waals surface area contributed by atoms with Gasteiger partial charge in [0, 0.05) is 5.25 Å². The summed E-state index contributed by atoms with van der Waals surface area (Å²) in [5, 5.41) is 0.942. The standard InChI is InChI=1S/C7H12OS/c1-2-7(9-3-1)4-6-5-8-6/h6-7H,1-5H2. The monoisotopic (exact) mass is 144 g/mol. The molecule has 2 atom stereocenters. The first-order chi connectivity index (χ1) is 4.45. The molecule has 0 aromatic heterocycles. The summed E-state index contributed by atoms with van der Waals surface area (Å²) in [6, 6.07) is 0. The zero-order valence-corrected chi connectivity index (χ0v) is 6.32. The molecule has 1 nitrogen and oxygen atoms in total. The predicted octanol–water partition coefficient (Wildman–Crippen LogP) is 1.67. The topological polar surface area (TPSA) is 12.5 Å². The average molecular weight is 144 g/mol. The third-order valence-corrected chi connectivity index (χ3v) is 3.38. The van der Waals surface area contributed by atoms with Gasteiger partial charge in [-0.3, -0.25) is 0 Å². The highest BCUT2D eigenvalue weighted by atomic mass is 32.2. The molecule has 2 unspecified atom stereocenters. The van der Waals surface area contributed by atoms with E-state index in [1.54, 1.807) is 0 Å². The lowest BCUT2D eigenvalue weighted by Gasteiger charge is -2.02. The molecule has 9 heavy (non-hydrogen) atoms. The van der Waals surface area contributed by atoms with Crippen LogP contribution in [0.5, 0.6) is 0 Å². The first-order valence-electron chi connectivity index (χ1n) is 3.68. The van der Waals surface area contributed by atoms with Crippen molar-refractivity contribution >= 4 is 11.8 Å². The Kier molecular flexibility index (Phi) is 1.68. The Balaban J connectivity index is 1.70. The van der Waals surface area contributed by atoms with Gasteiger partial charge in [0.2, 0.25) is 0 Å². The molecule has 0 saturated carbocycles. The van der Waals surface area contributed by atoms with Crippen LogP contribution in [0.4, 0.5) is 0 Å². The van der Waals surface area contributed by atoms with Gasteiger partial charge in [-0.05, 0) is 25.0 Å². The molecule has 0 N–H and O–H groups in total. The first-order valence-corrected chi connectivity index (χ1v) is 4.73. The minimum atomic E-state index is 0.653. The van der Waals surface area contributed by atoms with Crippen molar-refractivity contribution in [1.82, 2.24) is 0 Å². The van der Waals surface area contributed by atoms with E-state index < -0.39 is 0 Å². The van der Waals surface area contributed by atoms with E-state index in [4.69, 9.17) is 4.74 Å². The minimum absolute atomic E-state index is 0.653. The lowest BCUT2D eigenvalue weighted by atomic mass is 10.2. The van der Waals surface area contributed by atoms with Crippen molar-refractivity contribution in [1.29, 1.82) is 0 Å². The van der Waals surface area contributed by atoms with Gasteiger partial charge >= 0.3 is 0 Å². The van der Waals surface area contributed by atoms with Crippen LogP contribution >= 0.6 is 11.8 Å². The molecule has 2 fully saturated rings. The van der Waals surface area contributed by atoms with E-state index in [0.29, 0.717) is 6.10 Å². The second kappa shape index (κ2) is 2.51. The summed E-state index contributed by atoms with van der Waals surface area (Å²) in [6.07, 6.45) is 4.85. The molecule has 0 aliphatic carbocycles. The molecule has 0 bridgehead atoms. The molecule has 2 heterocycles. The van der Waals surface area contributed by atoms with Crippen molar-refractivity contribution in [2.75, 3.05) is 12.4 Å². The maximum absolute atomic E-state index is 5.16. The van der Waals surface area contributed by atoms with E-state index in [1.807, 2.05) is 0 Å². The fourth-order valence-electron chi connectivity index (χ4n) is 1.33. The summed E-state index contributed by atoms with van der Waals surface area (Å²) in [5.74, 6) is 1.39. The number of hydrogen-bond donors (Lipinski definition) is 0. The van der Waals surface area contributed by atoms with Crippen LogP contribution in [0.1, 0.15) is 19.3 Å². The highest BCUT2D eigenvalue weighted by Crippen LogP contribution is 2.32. The maximum atomic E-state index is 5.16. The summed E-state index contributed by atoms with van der Waals surface area (Å²) in [6.45, 7) is 1.04. The van der Waals surface area contributed by atoms with Gasteiger partial charge in [0.05, 0.1) is 12.7 Å². The van der Waals surface area contributed by atoms with Gasteiger partial charge in [-0.2, -0.15) is 11.8 Å². The molecule has 2 saturated heterocycles. The van der Waals surface area contributed by atoms with E-state index >= 15 is 0 Å². The summed E-state index contributed by atoms with van der Waals surface area (Å²) < 4.78 is 5.16. The Morgan fingerprint density at radius 2 is 2.44 bits per heavy atom. The van der Waals surface area contributed by atoms with Gasteiger partial charge in [0.25, 0.3) is 0 Å². The average Bonchev–Trinajstić information content (AvgIpc) is 2.46. The SMILES string of the molecule is C1CSC(CC2CO2)C1. The summed E-state index contributed by atoms with van der Waals surface area (Å²) in [5.41, 5.74) is 0. The molecule has 2 aliphatic rings. The first kappa shape index (κ1) is 6.05. The highest BCUT2D eigenvalue weighted by molar-refractivity contribution is 8.00. The third-order valence-electron chi connectivity index (χ3n) is 1.95. The second-order valence-electron chi connectivity index (χ2n) is 2.83. The Bertz CT molecular complexity index is 95.1. The molecule has 0 spiro atoms. The Labute approximate surface area is 60.2 Å². The number of rotatable bonds is 2. The van der Waals surface area contributed by atoms with Crippen LogP contribution in [0.3, 0.4) is 0 Å². The Hall–Kier alpha value is 0.310. The van der Waals surface area contributed by atoms with Crippen molar-refractivity contribution in [3.63, 3.8) is 0 Å². The summed E-state index contributed by atoms with van der Waals surface area (Å²) in [7, 11) is 0. The zero-order chi connectivity index (χ0) is 6.10. The van der Waals surface area contributed by atoms with E-state index in [9.17, 15) is 0 Å². The van der Waals surface area contributed by atoms with E-state index in [-0.39, 0.29) is 0 Å². The van der Waals surface area contributed by atoms with Crippen molar-refractivity contribution < 1.29 is 4.74 Å². The van der Waals surface area contributed by atoms with Crippen LogP contribution in [0.15, 0.2) is 0 Å². The molecule has 52 valence electrons. The number of epoxide rings is 1. The van der Waals surface area contributed by atoms with E-state index in [0.717, 1.165) is 11.9 Å². The fraction of sp³-hybridized carbons (Fsp3) is 1.00. The van der Waals surface area contributed by atoms with Crippen LogP contribution in [-0.2, 0) is 4.74 Å². The highest BCUT2D eigenvalue weighted by Gasteiger charge is 2.28. The lowest BCUT2D eigenvalue weighted by Crippen LogP contribution is -2.00. The normalized spacial score (nSPS) is 41.3. The van der Waals surface area contributed by atoms with Crippen molar-refractivity contribution in [2.45, 2.75) is 30.6 Å². The van der Waals surface area contributed by atoms with Gasteiger partial charge in [0.1, 0.15) is 0 Å². The molecular formula is C7H12OS. The fourth-order valence-corrected chi connectivity index (χ4v) is 2.68. The van der Waals surface area contributed by atoms with Crippen LogP contribution in [0.2, 0.25) is 0 Å². The summed E-state index contributed by atoms with van der Waals surface area (Å²) >= 11 is 2.13. The summed E-state index contributed by atoms with van der Waals surface area (Å²) in [4.78, 5) is 0. The van der Waals surface area contributed by atoms with Gasteiger partial charge in [-0.15, -0.1) is 0 Å². The van der Waals surface area contributed by atoms with Crippen LogP contribution in [-0.4, -0.2) is 23.7 Å². The third kappa shape index (κ3) is 1.62. The Morgan fingerprint density at radius 1 is 1.56 bits per heavy atom. The van der Waals surface area contributed by atoms with E-state index in [1.165, 1.54) is 25.0 Å². The molecule has 0 amide bonds. The predicted molar refractivity (Wildman–Crippen MR) is 39.8 cm³/mol. The van der Waals surface area contributed by atoms with Crippen molar-refractivity contribution in [2.24, 2.45) is 0 Å². The van der Waals surface area contributed by atoms with Crippen molar-refractivity contribution in [3.8, 4) is 0 Å². The molecule has 0 aromatic rings. The van der Waals surface area contributed by atoms with Crippen LogP contribution < -0.4 is 0 Å². The van der Waals surface area contributed by atoms with Gasteiger partial charge < -0.3 is 4.74 Å². The molecule has 2 rings (SSSR count). The van der Waals surface area contributed by atoms with Crippen molar-refractivity contribution in [3.05, 3.63) is 0 Å². The number of ether oxygens (including phenoxy) is 1. The smallest absolute Gasteiger partial charge is 0.0820 e. The molecule has 2 heteroatoms. The largest absolute Gasteiger partial charge is 0.373 e. The van der Waals surface area contributed by atoms with Gasteiger partial charge in [0.15, 0.2) is 0 Å². The quantitative estimate of drug-likeness (QED) is 0.547. The molecule has 2 aliphatic heterocycles. The second-order valence-corrected chi connectivity index (χ2v) is 4.23. The minimum Gasteiger partial charge on any atom is -0.373 e. The maximum Gasteiger partial charge on any atom is 0.0820 e. The molecule has 0 aromatic carbocycles. The van der Waals surface area contributed by atoms with E-state index in [2.05, 4.69) is 11.8 Å². The number of thioether (sulfide) groups is 1. The van der Waals surface area contributed by atoms with Crippen LogP contribution in [0, 0.1) is 0 Å². The Morgan fingerprint density at radius 3 is 3.00 bits per heavy atom. The molecular weight excluding hydrogens is 132 g/mol.